The molecular weight excluding hydrogens is 337 g/mol. The summed E-state index contributed by atoms with van der Waals surface area (Å²) in [5.74, 6) is -0.961. The number of rotatable bonds is 5. The average Bonchev–Trinajstić information content (AvgIpc) is 2.42. The number of aliphatic carboxylic acids is 1. The highest BCUT2D eigenvalue weighted by atomic mass is 79.9. The van der Waals surface area contributed by atoms with Crippen LogP contribution in [0.5, 0.6) is 0 Å². The van der Waals surface area contributed by atoms with E-state index < -0.39 is 11.4 Å². The third-order valence-corrected chi connectivity index (χ3v) is 4.74. The quantitative estimate of drug-likeness (QED) is 0.863. The summed E-state index contributed by atoms with van der Waals surface area (Å²) in [7, 11) is 0. The molecule has 0 spiro atoms. The lowest BCUT2D eigenvalue weighted by molar-refractivity contribution is -0.153. The van der Waals surface area contributed by atoms with Crippen LogP contribution < -0.4 is 0 Å². The Kier molecular flexibility index (Phi) is 5.38. The van der Waals surface area contributed by atoms with E-state index in [1.54, 1.807) is 6.07 Å². The Morgan fingerprint density at radius 2 is 2.29 bits per heavy atom. The van der Waals surface area contributed by atoms with Crippen LogP contribution in [0.25, 0.3) is 0 Å². The first-order chi connectivity index (χ1) is 9.97. The molecule has 0 aromatic heterocycles. The molecule has 5 heteroatoms. The van der Waals surface area contributed by atoms with Gasteiger partial charge in [0.2, 0.25) is 0 Å². The van der Waals surface area contributed by atoms with Crippen LogP contribution in [-0.4, -0.2) is 29.1 Å². The van der Waals surface area contributed by atoms with E-state index in [2.05, 4.69) is 20.8 Å². The van der Waals surface area contributed by atoms with E-state index in [1.807, 2.05) is 13.0 Å². The van der Waals surface area contributed by atoms with E-state index in [0.717, 1.165) is 25.8 Å². The molecule has 0 aliphatic carbocycles. The number of carboxylic acids is 1. The molecule has 0 saturated carbocycles. The second-order valence-electron chi connectivity index (χ2n) is 5.89. The minimum Gasteiger partial charge on any atom is -0.481 e. The molecule has 2 rings (SSSR count). The molecular formula is C16H21BrFNO2. The molecule has 1 fully saturated rings. The fourth-order valence-electron chi connectivity index (χ4n) is 3.22. The molecule has 1 aromatic rings. The molecule has 0 bridgehead atoms. The first-order valence-corrected chi connectivity index (χ1v) is 8.16. The Labute approximate surface area is 133 Å². The van der Waals surface area contributed by atoms with Gasteiger partial charge in [0.1, 0.15) is 5.82 Å². The second-order valence-corrected chi connectivity index (χ2v) is 6.80. The van der Waals surface area contributed by atoms with Crippen LogP contribution in [-0.2, 0) is 11.3 Å². The molecule has 1 aliphatic rings. The fraction of sp³-hybridized carbons (Fsp3) is 0.562. The standard InChI is InChI=1S/C16H21BrFNO2/c1-2-6-16(15(20)21)7-3-8-19(11-16)10-12-4-5-13(17)9-14(12)18/h4-5,9H,2-3,6-8,10-11H2,1H3,(H,20,21). The maximum absolute atomic E-state index is 13.9. The Morgan fingerprint density at radius 1 is 1.52 bits per heavy atom. The molecule has 116 valence electrons. The summed E-state index contributed by atoms with van der Waals surface area (Å²) in [6.45, 7) is 3.82. The monoisotopic (exact) mass is 357 g/mol. The fourth-order valence-corrected chi connectivity index (χ4v) is 3.55. The molecule has 1 aromatic carbocycles. The highest BCUT2D eigenvalue weighted by Gasteiger charge is 2.41. The number of hydrogen-bond acceptors (Lipinski definition) is 2. The third-order valence-electron chi connectivity index (χ3n) is 4.25. The molecule has 1 saturated heterocycles. The lowest BCUT2D eigenvalue weighted by atomic mass is 9.76. The van der Waals surface area contributed by atoms with Crippen molar-refractivity contribution in [3.63, 3.8) is 0 Å². The number of benzene rings is 1. The maximum atomic E-state index is 13.9. The predicted molar refractivity (Wildman–Crippen MR) is 83.6 cm³/mol. The molecule has 1 heterocycles. The second kappa shape index (κ2) is 6.88. The van der Waals surface area contributed by atoms with Crippen molar-refractivity contribution in [2.75, 3.05) is 13.1 Å². The van der Waals surface area contributed by atoms with Crippen LogP contribution >= 0.6 is 15.9 Å². The van der Waals surface area contributed by atoms with Crippen LogP contribution in [0.4, 0.5) is 4.39 Å². The smallest absolute Gasteiger partial charge is 0.310 e. The van der Waals surface area contributed by atoms with Gasteiger partial charge in [-0.1, -0.05) is 35.3 Å². The van der Waals surface area contributed by atoms with Crippen molar-refractivity contribution in [1.82, 2.24) is 4.90 Å². The Balaban J connectivity index is 2.12. The topological polar surface area (TPSA) is 40.5 Å². The van der Waals surface area contributed by atoms with E-state index in [9.17, 15) is 14.3 Å². The Hall–Kier alpha value is -0.940. The van der Waals surface area contributed by atoms with E-state index in [-0.39, 0.29) is 5.82 Å². The minimum atomic E-state index is -0.717. The largest absolute Gasteiger partial charge is 0.481 e. The van der Waals surface area contributed by atoms with Crippen LogP contribution in [0, 0.1) is 11.2 Å². The molecule has 1 atom stereocenters. The van der Waals surface area contributed by atoms with Crippen LogP contribution in [0.3, 0.4) is 0 Å². The SMILES string of the molecule is CCCC1(C(=O)O)CCCN(Cc2ccc(Br)cc2F)C1. The van der Waals surface area contributed by atoms with Crippen molar-refractivity contribution in [3.05, 3.63) is 34.1 Å². The first-order valence-electron chi connectivity index (χ1n) is 7.36. The van der Waals surface area contributed by atoms with Crippen molar-refractivity contribution < 1.29 is 14.3 Å². The molecule has 0 amide bonds. The summed E-state index contributed by atoms with van der Waals surface area (Å²) in [5, 5.41) is 9.59. The highest BCUT2D eigenvalue weighted by molar-refractivity contribution is 9.10. The van der Waals surface area contributed by atoms with Gasteiger partial charge in [0.15, 0.2) is 0 Å². The molecule has 21 heavy (non-hydrogen) atoms. The summed E-state index contributed by atoms with van der Waals surface area (Å²) < 4.78 is 14.6. The predicted octanol–water partition coefficient (Wildman–Crippen LogP) is 4.06. The van der Waals surface area contributed by atoms with Crippen molar-refractivity contribution in [2.24, 2.45) is 5.41 Å². The number of likely N-dealkylation sites (tertiary alicyclic amines) is 1. The van der Waals surface area contributed by atoms with Crippen molar-refractivity contribution in [2.45, 2.75) is 39.2 Å². The van der Waals surface area contributed by atoms with Gasteiger partial charge in [-0.25, -0.2) is 4.39 Å². The van der Waals surface area contributed by atoms with Gasteiger partial charge < -0.3 is 5.11 Å². The zero-order valence-electron chi connectivity index (χ0n) is 12.2. The van der Waals surface area contributed by atoms with Crippen LogP contribution in [0.1, 0.15) is 38.2 Å². The zero-order valence-corrected chi connectivity index (χ0v) is 13.8. The highest BCUT2D eigenvalue weighted by Crippen LogP contribution is 2.35. The summed E-state index contributed by atoms with van der Waals surface area (Å²) >= 11 is 3.25. The summed E-state index contributed by atoms with van der Waals surface area (Å²) in [6, 6.07) is 5.03. The lowest BCUT2D eigenvalue weighted by Gasteiger charge is -2.40. The number of piperidine rings is 1. The number of carboxylic acid groups (broad SMARTS) is 1. The van der Waals surface area contributed by atoms with Gasteiger partial charge >= 0.3 is 5.97 Å². The molecule has 1 aliphatic heterocycles. The molecule has 3 nitrogen and oxygen atoms in total. The zero-order chi connectivity index (χ0) is 15.5. The number of nitrogens with zero attached hydrogens (tertiary/aromatic N) is 1. The Bertz CT molecular complexity index is 519. The van der Waals surface area contributed by atoms with E-state index in [4.69, 9.17) is 0 Å². The number of carbonyl (C=O) groups is 1. The van der Waals surface area contributed by atoms with Crippen LogP contribution in [0.2, 0.25) is 0 Å². The summed E-state index contributed by atoms with van der Waals surface area (Å²) in [4.78, 5) is 13.7. The number of halogens is 2. The first kappa shape index (κ1) is 16.4. The van der Waals surface area contributed by atoms with E-state index in [0.29, 0.717) is 29.5 Å². The van der Waals surface area contributed by atoms with Gasteiger partial charge in [0, 0.05) is 23.1 Å². The maximum Gasteiger partial charge on any atom is 0.310 e. The number of hydrogen-bond donors (Lipinski definition) is 1. The van der Waals surface area contributed by atoms with Gasteiger partial charge in [-0.05, 0) is 37.9 Å². The minimum absolute atomic E-state index is 0.244. The Morgan fingerprint density at radius 3 is 2.90 bits per heavy atom. The van der Waals surface area contributed by atoms with Gasteiger partial charge in [-0.15, -0.1) is 0 Å². The van der Waals surface area contributed by atoms with Crippen molar-refractivity contribution in [3.8, 4) is 0 Å². The summed E-state index contributed by atoms with van der Waals surface area (Å²) in [5.41, 5.74) is -0.0466. The van der Waals surface area contributed by atoms with Gasteiger partial charge in [0.25, 0.3) is 0 Å². The van der Waals surface area contributed by atoms with Crippen molar-refractivity contribution >= 4 is 21.9 Å². The van der Waals surface area contributed by atoms with Crippen LogP contribution in [0.15, 0.2) is 22.7 Å². The third kappa shape index (κ3) is 3.83. The molecule has 1 unspecified atom stereocenters. The normalized spacial score (nSPS) is 23.2. The summed E-state index contributed by atoms with van der Waals surface area (Å²) in [6.07, 6.45) is 3.11. The van der Waals surface area contributed by atoms with Gasteiger partial charge in [0.05, 0.1) is 5.41 Å². The van der Waals surface area contributed by atoms with E-state index in [1.165, 1.54) is 6.07 Å². The van der Waals surface area contributed by atoms with Gasteiger partial charge in [-0.2, -0.15) is 0 Å². The molecule has 0 radical (unpaired) electrons. The van der Waals surface area contributed by atoms with Crippen molar-refractivity contribution in [1.29, 1.82) is 0 Å². The average molecular weight is 358 g/mol. The lowest BCUT2D eigenvalue weighted by Crippen LogP contribution is -2.47. The van der Waals surface area contributed by atoms with Gasteiger partial charge in [-0.3, -0.25) is 9.69 Å². The van der Waals surface area contributed by atoms with E-state index >= 15 is 0 Å². The molecule has 1 N–H and O–H groups in total.